The number of anilines is 3. The maximum absolute atomic E-state index is 11.9. The van der Waals surface area contributed by atoms with E-state index in [1.54, 1.807) is 22.9 Å². The molecule has 1 aliphatic carbocycles. The van der Waals surface area contributed by atoms with E-state index in [4.69, 9.17) is 16.6 Å². The number of halogens is 1. The van der Waals surface area contributed by atoms with Crippen molar-refractivity contribution >= 4 is 52.6 Å². The lowest BCUT2D eigenvalue weighted by Crippen LogP contribution is -2.22. The summed E-state index contributed by atoms with van der Waals surface area (Å²) < 4.78 is 1.70. The Bertz CT molecular complexity index is 1230. The summed E-state index contributed by atoms with van der Waals surface area (Å²) in [5, 5.41) is 16.6. The minimum atomic E-state index is -0.551. The highest BCUT2D eigenvalue weighted by molar-refractivity contribution is 6.30. The average molecular weight is 438 g/mol. The first-order valence-corrected chi connectivity index (χ1v) is 10.4. The maximum atomic E-state index is 11.9. The minimum Gasteiger partial charge on any atom is -0.367 e. The molecular formula is C21H20ClN7O2. The summed E-state index contributed by atoms with van der Waals surface area (Å²) in [7, 11) is 0. The molecule has 0 unspecified atom stereocenters. The largest absolute Gasteiger partial charge is 0.367 e. The Morgan fingerprint density at radius 2 is 2.10 bits per heavy atom. The fourth-order valence-corrected chi connectivity index (χ4v) is 3.74. The van der Waals surface area contributed by atoms with Gasteiger partial charge >= 0.3 is 6.03 Å². The van der Waals surface area contributed by atoms with E-state index in [2.05, 4.69) is 33.3 Å². The number of benzene rings is 1. The Balaban J connectivity index is 1.57. The topological polar surface area (TPSA) is 112 Å². The van der Waals surface area contributed by atoms with E-state index in [9.17, 15) is 9.59 Å². The molecule has 10 heteroatoms. The van der Waals surface area contributed by atoms with Crippen LogP contribution in [0.3, 0.4) is 0 Å². The van der Waals surface area contributed by atoms with Gasteiger partial charge in [-0.1, -0.05) is 17.7 Å². The molecule has 0 bridgehead atoms. The number of carbonyl (C=O) groups excluding carboxylic acids is 2. The fraction of sp³-hybridized carbons (Fsp3) is 0.238. The molecule has 1 saturated heterocycles. The van der Waals surface area contributed by atoms with Gasteiger partial charge in [0.05, 0.1) is 6.20 Å². The predicted molar refractivity (Wildman–Crippen MR) is 118 cm³/mol. The molecule has 3 aromatic rings. The normalized spacial score (nSPS) is 18.2. The monoisotopic (exact) mass is 437 g/mol. The van der Waals surface area contributed by atoms with Crippen molar-refractivity contribution in [1.29, 1.82) is 0 Å². The van der Waals surface area contributed by atoms with Crippen LogP contribution in [0.15, 0.2) is 42.2 Å². The van der Waals surface area contributed by atoms with E-state index in [-0.39, 0.29) is 11.7 Å². The maximum Gasteiger partial charge on any atom is 0.326 e. The van der Waals surface area contributed by atoms with Gasteiger partial charge in [0.1, 0.15) is 17.3 Å². The number of rotatable bonds is 6. The summed E-state index contributed by atoms with van der Waals surface area (Å²) in [6.45, 7) is 2.15. The second-order valence-electron chi connectivity index (χ2n) is 7.73. The molecule has 1 saturated carbocycles. The molecular weight excluding hydrogens is 418 g/mol. The molecule has 31 heavy (non-hydrogen) atoms. The molecule has 1 atom stereocenters. The van der Waals surface area contributed by atoms with Crippen molar-refractivity contribution in [2.75, 3.05) is 10.6 Å². The van der Waals surface area contributed by atoms with E-state index >= 15 is 0 Å². The van der Waals surface area contributed by atoms with Crippen molar-refractivity contribution < 1.29 is 9.59 Å². The van der Waals surface area contributed by atoms with Crippen LogP contribution in [0.25, 0.3) is 11.7 Å². The van der Waals surface area contributed by atoms with Crippen molar-refractivity contribution in [3.8, 4) is 0 Å². The third kappa shape index (κ3) is 4.04. The van der Waals surface area contributed by atoms with Crippen molar-refractivity contribution in [3.63, 3.8) is 0 Å². The molecule has 2 aliphatic rings. The zero-order valence-electron chi connectivity index (χ0n) is 16.6. The molecule has 5 rings (SSSR count). The Labute approximate surface area is 182 Å². The van der Waals surface area contributed by atoms with E-state index < -0.39 is 11.9 Å². The molecule has 1 aliphatic heterocycles. The lowest BCUT2D eigenvalue weighted by Gasteiger charge is -2.17. The molecule has 2 fully saturated rings. The van der Waals surface area contributed by atoms with Crippen LogP contribution in [0.2, 0.25) is 5.02 Å². The first-order valence-electron chi connectivity index (χ1n) is 9.98. The first kappa shape index (κ1) is 19.4. The lowest BCUT2D eigenvalue weighted by molar-refractivity contribution is -0.115. The standard InChI is InChI=1S/C21H20ClN7O2/c1-11(12-5-6-12)24-18-9-17(25-15-4-2-3-14(22)8-15)27-19-13(10-23-29(18)19)7-16-20(30)28-21(31)26-16/h2-4,7-12,24H,5-6H2,1H3,(H,25,27)(H2,26,28,30,31)/b16-7-/t11-/m1/s1. The highest BCUT2D eigenvalue weighted by Crippen LogP contribution is 2.34. The number of hydrogen-bond acceptors (Lipinski definition) is 6. The quantitative estimate of drug-likeness (QED) is 0.347. The Morgan fingerprint density at radius 1 is 1.26 bits per heavy atom. The van der Waals surface area contributed by atoms with Crippen LogP contribution in [0.4, 0.5) is 22.1 Å². The van der Waals surface area contributed by atoms with Gasteiger partial charge in [0.25, 0.3) is 5.91 Å². The number of imide groups is 1. The van der Waals surface area contributed by atoms with E-state index in [0.29, 0.717) is 28.0 Å². The average Bonchev–Trinajstić information content (AvgIpc) is 3.42. The van der Waals surface area contributed by atoms with Gasteiger partial charge in [0.2, 0.25) is 0 Å². The van der Waals surface area contributed by atoms with Crippen LogP contribution < -0.4 is 21.3 Å². The van der Waals surface area contributed by atoms with E-state index in [0.717, 1.165) is 11.5 Å². The number of urea groups is 1. The molecule has 3 heterocycles. The molecule has 9 nitrogen and oxygen atoms in total. The molecule has 1 aromatic carbocycles. The lowest BCUT2D eigenvalue weighted by atomic mass is 10.2. The summed E-state index contributed by atoms with van der Waals surface area (Å²) in [6.07, 6.45) is 5.60. The van der Waals surface area contributed by atoms with Crippen molar-refractivity contribution in [1.82, 2.24) is 25.2 Å². The highest BCUT2D eigenvalue weighted by Gasteiger charge is 2.29. The number of carbonyl (C=O) groups is 2. The number of nitrogens with one attached hydrogen (secondary N) is 4. The molecule has 3 amide bonds. The van der Waals surface area contributed by atoms with Crippen LogP contribution >= 0.6 is 11.6 Å². The van der Waals surface area contributed by atoms with Gasteiger partial charge < -0.3 is 16.0 Å². The molecule has 158 valence electrons. The zero-order chi connectivity index (χ0) is 21.5. The summed E-state index contributed by atoms with van der Waals surface area (Å²) in [4.78, 5) is 28.1. The van der Waals surface area contributed by atoms with Crippen LogP contribution in [0.1, 0.15) is 25.3 Å². The second-order valence-corrected chi connectivity index (χ2v) is 8.17. The SMILES string of the molecule is C[C@@H](Nc1cc(Nc2cccc(Cl)c2)nc2c(/C=C3\NC(=O)NC3=O)cnn12)C1CC1. The van der Waals surface area contributed by atoms with Crippen molar-refractivity contribution in [2.45, 2.75) is 25.8 Å². The Hall–Kier alpha value is -3.59. The van der Waals surface area contributed by atoms with Gasteiger partial charge in [-0.15, -0.1) is 0 Å². The first-order chi connectivity index (χ1) is 15.0. The van der Waals surface area contributed by atoms with E-state index in [1.165, 1.54) is 12.8 Å². The van der Waals surface area contributed by atoms with Crippen LogP contribution in [0, 0.1) is 5.92 Å². The fourth-order valence-electron chi connectivity index (χ4n) is 3.55. The van der Waals surface area contributed by atoms with Gasteiger partial charge in [-0.05, 0) is 50.0 Å². The van der Waals surface area contributed by atoms with Crippen molar-refractivity contribution in [3.05, 3.63) is 52.8 Å². The third-order valence-electron chi connectivity index (χ3n) is 5.32. The number of fused-ring (bicyclic) bond motifs is 1. The second kappa shape index (κ2) is 7.59. The van der Waals surface area contributed by atoms with Crippen LogP contribution in [-0.2, 0) is 4.79 Å². The number of aromatic nitrogens is 3. The number of amides is 3. The van der Waals surface area contributed by atoms with Crippen LogP contribution in [-0.4, -0.2) is 32.6 Å². The summed E-state index contributed by atoms with van der Waals surface area (Å²) in [5.74, 6) is 1.53. The zero-order valence-corrected chi connectivity index (χ0v) is 17.4. The van der Waals surface area contributed by atoms with Gasteiger partial charge in [-0.25, -0.2) is 9.78 Å². The van der Waals surface area contributed by atoms with Gasteiger partial charge in [-0.2, -0.15) is 9.61 Å². The van der Waals surface area contributed by atoms with Crippen molar-refractivity contribution in [2.24, 2.45) is 5.92 Å². The predicted octanol–water partition coefficient (Wildman–Crippen LogP) is 3.52. The molecule has 4 N–H and O–H groups in total. The van der Waals surface area contributed by atoms with Gasteiger partial charge in [0.15, 0.2) is 5.65 Å². The van der Waals surface area contributed by atoms with E-state index in [1.807, 2.05) is 24.3 Å². The molecule has 0 radical (unpaired) electrons. The third-order valence-corrected chi connectivity index (χ3v) is 5.56. The molecule has 2 aromatic heterocycles. The highest BCUT2D eigenvalue weighted by atomic mass is 35.5. The Kier molecular flexibility index (Phi) is 4.74. The minimum absolute atomic E-state index is 0.149. The summed E-state index contributed by atoms with van der Waals surface area (Å²) >= 11 is 6.11. The summed E-state index contributed by atoms with van der Waals surface area (Å²) in [6, 6.07) is 8.99. The van der Waals surface area contributed by atoms with Gasteiger partial charge in [0, 0.05) is 28.4 Å². The smallest absolute Gasteiger partial charge is 0.326 e. The van der Waals surface area contributed by atoms with Gasteiger partial charge in [-0.3, -0.25) is 10.1 Å². The Morgan fingerprint density at radius 3 is 2.81 bits per heavy atom. The number of nitrogens with zero attached hydrogens (tertiary/aromatic N) is 3. The van der Waals surface area contributed by atoms with Crippen LogP contribution in [0.5, 0.6) is 0 Å². The summed E-state index contributed by atoms with van der Waals surface area (Å²) in [5.41, 5.74) is 2.09. The number of hydrogen-bond donors (Lipinski definition) is 4. The molecule has 0 spiro atoms.